The van der Waals surface area contributed by atoms with Crippen LogP contribution < -0.4 is 5.32 Å². The number of hydrogen-bond acceptors (Lipinski definition) is 9. The third kappa shape index (κ3) is 4.44. The van der Waals surface area contributed by atoms with Crippen molar-refractivity contribution in [1.82, 2.24) is 5.32 Å². The third-order valence-corrected chi connectivity index (χ3v) is 9.67. The van der Waals surface area contributed by atoms with Gasteiger partial charge in [0.15, 0.2) is 5.78 Å². The number of fused-ring (bicyclic) bond motifs is 5. The lowest BCUT2D eigenvalue weighted by Gasteiger charge is -2.17. The van der Waals surface area contributed by atoms with Crippen LogP contribution in [0.4, 0.5) is 0 Å². The topological polar surface area (TPSA) is 133 Å². The van der Waals surface area contributed by atoms with Crippen LogP contribution in [0.15, 0.2) is 106 Å². The van der Waals surface area contributed by atoms with Crippen molar-refractivity contribution in [3.05, 3.63) is 91.5 Å². The molecule has 6 rings (SSSR count). The van der Waals surface area contributed by atoms with Gasteiger partial charge in [-0.15, -0.1) is 0 Å². The van der Waals surface area contributed by atoms with Crippen LogP contribution in [0.5, 0.6) is 0 Å². The maximum atomic E-state index is 13.5. The van der Waals surface area contributed by atoms with Gasteiger partial charge in [0, 0.05) is 58.4 Å². The number of esters is 1. The lowest BCUT2D eigenvalue weighted by Crippen LogP contribution is -2.15. The van der Waals surface area contributed by atoms with Crippen LogP contribution in [-0.2, 0) is 14.3 Å². The Morgan fingerprint density at radius 2 is 1.82 bits per heavy atom. The van der Waals surface area contributed by atoms with Gasteiger partial charge in [-0.25, -0.2) is 15.0 Å². The number of carbonyl (C=O) groups is 2. The van der Waals surface area contributed by atoms with E-state index in [0.717, 1.165) is 51.2 Å². The monoisotopic (exact) mass is 594 g/mol. The molecule has 228 valence electrons. The standard InChI is InChI=1S/C35H38N4O5/c1-8-20-23(14-40)26-13-27-30(19(6)41)17(4)33(38-27)18(5)32-15(2)21(9-10-29(43)44-7)34(39-32)22-11-28(42)31-16(3)24(37-35(22)31)12-25(20)36-26/h12-15,19,21,39-41H,8-11H2,1-7H3/b23-14+,24-12?,27-13?,32-18?,34-22?/t15-,19?,21-/m0/s1. The first kappa shape index (κ1) is 29.7. The van der Waals surface area contributed by atoms with Crippen molar-refractivity contribution < 1.29 is 24.5 Å². The number of nitrogens with zero attached hydrogens (tertiary/aromatic N) is 3. The van der Waals surface area contributed by atoms with Gasteiger partial charge in [-0.2, -0.15) is 0 Å². The number of aliphatic hydroxyl groups excluding tert-OH is 2. The molecule has 0 aromatic carbocycles. The van der Waals surface area contributed by atoms with E-state index in [4.69, 9.17) is 19.7 Å². The zero-order chi connectivity index (χ0) is 31.6. The average molecular weight is 595 g/mol. The molecule has 5 aliphatic heterocycles. The number of Topliss-reactive ketones (excluding diaryl/α,β-unsaturated/α-hetero) is 1. The van der Waals surface area contributed by atoms with Crippen LogP contribution in [0.3, 0.4) is 0 Å². The maximum absolute atomic E-state index is 13.5. The first-order valence-corrected chi connectivity index (χ1v) is 15.2. The molecule has 1 unspecified atom stereocenters. The van der Waals surface area contributed by atoms with Gasteiger partial charge in [0.05, 0.1) is 53.7 Å². The molecular weight excluding hydrogens is 556 g/mol. The summed E-state index contributed by atoms with van der Waals surface area (Å²) >= 11 is 0. The largest absolute Gasteiger partial charge is 0.515 e. The fourth-order valence-corrected chi connectivity index (χ4v) is 7.40. The summed E-state index contributed by atoms with van der Waals surface area (Å²) in [7, 11) is 1.39. The van der Waals surface area contributed by atoms with E-state index >= 15 is 0 Å². The number of ketones is 1. The predicted molar refractivity (Wildman–Crippen MR) is 170 cm³/mol. The Kier molecular flexibility index (Phi) is 7.40. The Morgan fingerprint density at radius 3 is 2.48 bits per heavy atom. The summed E-state index contributed by atoms with van der Waals surface area (Å²) in [6.07, 6.45) is 5.64. The van der Waals surface area contributed by atoms with Gasteiger partial charge in [-0.1, -0.05) is 13.8 Å². The summed E-state index contributed by atoms with van der Waals surface area (Å²) < 4.78 is 4.97. The fourth-order valence-electron chi connectivity index (χ4n) is 7.40. The van der Waals surface area contributed by atoms with Crippen molar-refractivity contribution in [3.63, 3.8) is 0 Å². The first-order chi connectivity index (χ1) is 21.0. The molecule has 44 heavy (non-hydrogen) atoms. The van der Waals surface area contributed by atoms with E-state index < -0.39 is 6.10 Å². The molecule has 5 heterocycles. The molecule has 0 spiro atoms. The highest BCUT2D eigenvalue weighted by Crippen LogP contribution is 2.46. The summed E-state index contributed by atoms with van der Waals surface area (Å²) in [4.78, 5) is 40.7. The van der Waals surface area contributed by atoms with Crippen molar-refractivity contribution >= 4 is 28.9 Å². The fraction of sp³-hybridized carbons (Fsp3) is 0.400. The molecule has 3 atom stereocenters. The van der Waals surface area contributed by atoms with E-state index in [-0.39, 0.29) is 36.4 Å². The molecule has 6 aliphatic rings. The summed E-state index contributed by atoms with van der Waals surface area (Å²) in [5, 5.41) is 24.9. The Morgan fingerprint density at radius 1 is 1.09 bits per heavy atom. The smallest absolute Gasteiger partial charge is 0.305 e. The average Bonchev–Trinajstić information content (AvgIpc) is 3.76. The van der Waals surface area contributed by atoms with E-state index in [0.29, 0.717) is 58.1 Å². The lowest BCUT2D eigenvalue weighted by molar-refractivity contribution is -0.140. The van der Waals surface area contributed by atoms with Crippen LogP contribution in [0.2, 0.25) is 0 Å². The number of carbonyl (C=O) groups excluding carboxylic acids is 2. The molecule has 0 aromatic rings. The second kappa shape index (κ2) is 11.0. The summed E-state index contributed by atoms with van der Waals surface area (Å²) in [5.74, 6) is -0.342. The Balaban J connectivity index is 1.65. The third-order valence-electron chi connectivity index (χ3n) is 9.67. The molecule has 9 nitrogen and oxygen atoms in total. The van der Waals surface area contributed by atoms with Crippen LogP contribution in [0, 0.1) is 11.8 Å². The van der Waals surface area contributed by atoms with E-state index in [2.05, 4.69) is 12.2 Å². The van der Waals surface area contributed by atoms with Crippen molar-refractivity contribution in [2.24, 2.45) is 26.8 Å². The minimum absolute atomic E-state index is 0.0146. The van der Waals surface area contributed by atoms with E-state index in [1.165, 1.54) is 7.11 Å². The molecule has 1 aliphatic carbocycles. The van der Waals surface area contributed by atoms with Crippen LogP contribution in [-0.4, -0.2) is 52.3 Å². The predicted octanol–water partition coefficient (Wildman–Crippen LogP) is 5.56. The van der Waals surface area contributed by atoms with E-state index in [1.807, 2.05) is 39.8 Å². The number of rotatable bonds is 5. The zero-order valence-electron chi connectivity index (χ0n) is 26.3. The van der Waals surface area contributed by atoms with Crippen LogP contribution in [0.25, 0.3) is 0 Å². The zero-order valence-corrected chi connectivity index (χ0v) is 26.3. The molecule has 1 saturated carbocycles. The van der Waals surface area contributed by atoms with Gasteiger partial charge < -0.3 is 20.3 Å². The van der Waals surface area contributed by atoms with Gasteiger partial charge in [-0.05, 0) is 75.0 Å². The Labute approximate surface area is 257 Å². The summed E-state index contributed by atoms with van der Waals surface area (Å²) in [6.45, 7) is 11.7. The molecule has 0 aromatic heterocycles. The Bertz CT molecular complexity index is 1780. The first-order valence-electron chi connectivity index (χ1n) is 15.2. The van der Waals surface area contributed by atoms with Gasteiger partial charge in [0.1, 0.15) is 0 Å². The van der Waals surface area contributed by atoms with Gasteiger partial charge in [0.2, 0.25) is 0 Å². The highest BCUT2D eigenvalue weighted by atomic mass is 16.5. The van der Waals surface area contributed by atoms with E-state index in [1.54, 1.807) is 6.92 Å². The van der Waals surface area contributed by atoms with Crippen LogP contribution >= 0.6 is 0 Å². The van der Waals surface area contributed by atoms with Crippen molar-refractivity contribution in [3.8, 4) is 0 Å². The highest BCUT2D eigenvalue weighted by Gasteiger charge is 2.43. The van der Waals surface area contributed by atoms with Crippen LogP contribution in [0.1, 0.15) is 67.2 Å². The molecule has 2 fully saturated rings. The number of methoxy groups -OCH3 is 1. The number of aliphatic hydroxyl groups is 2. The SMILES string of the molecule is CCC1=C2C=C3N=C4C(=C5NC(=C(C)C6=NC(=CC(=N2)/C1=C/O)C(C(C)O)=C6C)[C@@H](C)[C@@H]5CCC(=O)OC)CC(=O)C4=C3C. The molecule has 0 amide bonds. The number of allylic oxidation sites excluding steroid dienone is 11. The number of aliphatic imine (C=N–C) groups is 3. The van der Waals surface area contributed by atoms with E-state index in [9.17, 15) is 19.8 Å². The minimum Gasteiger partial charge on any atom is -0.515 e. The van der Waals surface area contributed by atoms with Gasteiger partial charge >= 0.3 is 5.97 Å². The summed E-state index contributed by atoms with van der Waals surface area (Å²) in [6, 6.07) is 0. The number of hydrogen-bond donors (Lipinski definition) is 3. The second-order valence-electron chi connectivity index (χ2n) is 12.1. The molecule has 3 N–H and O–H groups in total. The normalized spacial score (nSPS) is 26.0. The van der Waals surface area contributed by atoms with Crippen molar-refractivity contribution in [1.29, 1.82) is 0 Å². The molecule has 1 saturated heterocycles. The molecule has 0 radical (unpaired) electrons. The van der Waals surface area contributed by atoms with Gasteiger partial charge in [-0.3, -0.25) is 9.59 Å². The molecule has 8 bridgehead atoms. The number of ether oxygens (including phenoxy) is 1. The lowest BCUT2D eigenvalue weighted by atomic mass is 9.85. The molecule has 9 heteroatoms. The van der Waals surface area contributed by atoms with Crippen molar-refractivity contribution in [2.45, 2.75) is 73.3 Å². The summed E-state index contributed by atoms with van der Waals surface area (Å²) in [5.41, 5.74) is 12.0. The molecular formula is C35H38N4O5. The van der Waals surface area contributed by atoms with Crippen molar-refractivity contribution in [2.75, 3.05) is 7.11 Å². The maximum Gasteiger partial charge on any atom is 0.305 e. The minimum atomic E-state index is -0.785. The quantitative estimate of drug-likeness (QED) is 0.282. The number of nitrogens with one attached hydrogen (secondary N) is 1. The van der Waals surface area contributed by atoms with Gasteiger partial charge in [0.25, 0.3) is 0 Å². The highest BCUT2D eigenvalue weighted by molar-refractivity contribution is 6.38. The Hall–Kier alpha value is -4.37. The second-order valence-corrected chi connectivity index (χ2v) is 12.1.